The molecule has 0 aromatic heterocycles. The van der Waals surface area contributed by atoms with E-state index in [0.717, 1.165) is 70.6 Å². The minimum Gasteiger partial charge on any atom is -0.466 e. The third-order valence-electron chi connectivity index (χ3n) is 4.56. The largest absolute Gasteiger partial charge is 0.466 e. The molecule has 0 radical (unpaired) electrons. The quantitative estimate of drug-likeness (QED) is 0.226. The number of hydrogen-bond acceptors (Lipinski definition) is 4. The average molecular weight is 371 g/mol. The summed E-state index contributed by atoms with van der Waals surface area (Å²) in [6.07, 6.45) is 12.3. The molecule has 0 bridgehead atoms. The average Bonchev–Trinajstić information content (AvgIpc) is 2.60. The lowest BCUT2D eigenvalue weighted by Crippen LogP contribution is -2.16. The van der Waals surface area contributed by atoms with Gasteiger partial charge in [-0.15, -0.1) is 0 Å². The number of rotatable bonds is 17. The van der Waals surface area contributed by atoms with E-state index in [-0.39, 0.29) is 18.0 Å². The third-order valence-corrected chi connectivity index (χ3v) is 4.56. The van der Waals surface area contributed by atoms with Crippen molar-refractivity contribution in [2.24, 2.45) is 5.92 Å². The van der Waals surface area contributed by atoms with Crippen molar-refractivity contribution in [3.63, 3.8) is 0 Å². The highest BCUT2D eigenvalue weighted by Gasteiger charge is 2.11. The molecule has 4 nitrogen and oxygen atoms in total. The summed E-state index contributed by atoms with van der Waals surface area (Å²) in [4.78, 5) is 23.4. The van der Waals surface area contributed by atoms with Gasteiger partial charge >= 0.3 is 11.9 Å². The Morgan fingerprint density at radius 1 is 0.769 bits per heavy atom. The van der Waals surface area contributed by atoms with Crippen molar-refractivity contribution in [1.82, 2.24) is 0 Å². The second kappa shape index (κ2) is 17.4. The van der Waals surface area contributed by atoms with Crippen LogP contribution in [0.5, 0.6) is 0 Å². The summed E-state index contributed by atoms with van der Waals surface area (Å²) in [7, 11) is 0. The number of ether oxygens (including phenoxy) is 2. The van der Waals surface area contributed by atoms with E-state index in [4.69, 9.17) is 9.47 Å². The first-order valence-corrected chi connectivity index (χ1v) is 10.8. The Morgan fingerprint density at radius 3 is 1.88 bits per heavy atom. The molecule has 0 N–H and O–H groups in total. The van der Waals surface area contributed by atoms with E-state index in [0.29, 0.717) is 25.4 Å². The van der Waals surface area contributed by atoms with Crippen LogP contribution in [0, 0.1) is 5.92 Å². The molecule has 0 aromatic carbocycles. The van der Waals surface area contributed by atoms with Crippen LogP contribution in [0.15, 0.2) is 0 Å². The molecule has 0 aromatic rings. The van der Waals surface area contributed by atoms with E-state index in [2.05, 4.69) is 27.7 Å². The second-order valence-corrected chi connectivity index (χ2v) is 7.69. The van der Waals surface area contributed by atoms with Crippen molar-refractivity contribution in [2.45, 2.75) is 117 Å². The Labute approximate surface area is 161 Å². The number of carbonyl (C=O) groups is 2. The summed E-state index contributed by atoms with van der Waals surface area (Å²) in [6, 6.07) is 0. The molecule has 0 amide bonds. The first kappa shape index (κ1) is 24.9. The Balaban J connectivity index is 3.42. The second-order valence-electron chi connectivity index (χ2n) is 7.69. The smallest absolute Gasteiger partial charge is 0.306 e. The summed E-state index contributed by atoms with van der Waals surface area (Å²) >= 11 is 0. The molecule has 0 aliphatic heterocycles. The van der Waals surface area contributed by atoms with Gasteiger partial charge in [-0.05, 0) is 44.4 Å². The van der Waals surface area contributed by atoms with Gasteiger partial charge in [0.25, 0.3) is 0 Å². The SMILES string of the molecule is CCCC(CC)OC(=O)CCCCCCCCC(=O)OCCCC(C)C. The van der Waals surface area contributed by atoms with Gasteiger partial charge in [0.1, 0.15) is 6.10 Å². The normalized spacial score (nSPS) is 12.2. The maximum Gasteiger partial charge on any atom is 0.306 e. The molecule has 0 saturated carbocycles. The van der Waals surface area contributed by atoms with Crippen LogP contribution in [-0.4, -0.2) is 24.6 Å². The van der Waals surface area contributed by atoms with Crippen LogP contribution < -0.4 is 0 Å². The molecular weight excluding hydrogens is 328 g/mol. The van der Waals surface area contributed by atoms with Gasteiger partial charge in [0.2, 0.25) is 0 Å². The molecule has 1 atom stereocenters. The maximum absolute atomic E-state index is 11.8. The van der Waals surface area contributed by atoms with Gasteiger partial charge in [0.05, 0.1) is 6.61 Å². The molecule has 4 heteroatoms. The van der Waals surface area contributed by atoms with Crippen LogP contribution in [0.4, 0.5) is 0 Å². The minimum atomic E-state index is -0.0611. The Bertz CT molecular complexity index is 352. The van der Waals surface area contributed by atoms with E-state index in [1.807, 2.05) is 0 Å². The van der Waals surface area contributed by atoms with E-state index >= 15 is 0 Å². The van der Waals surface area contributed by atoms with Crippen LogP contribution in [0.3, 0.4) is 0 Å². The Kier molecular flexibility index (Phi) is 16.7. The van der Waals surface area contributed by atoms with Crippen molar-refractivity contribution in [2.75, 3.05) is 6.61 Å². The number of unbranched alkanes of at least 4 members (excludes halogenated alkanes) is 5. The van der Waals surface area contributed by atoms with Gasteiger partial charge in [-0.1, -0.05) is 59.8 Å². The van der Waals surface area contributed by atoms with Crippen LogP contribution >= 0.6 is 0 Å². The lowest BCUT2D eigenvalue weighted by atomic mass is 10.1. The summed E-state index contributed by atoms with van der Waals surface area (Å²) in [6.45, 7) is 9.10. The first-order valence-electron chi connectivity index (χ1n) is 10.8. The zero-order valence-corrected chi connectivity index (χ0v) is 17.7. The predicted molar refractivity (Wildman–Crippen MR) is 107 cm³/mol. The van der Waals surface area contributed by atoms with Crippen LogP contribution in [0.25, 0.3) is 0 Å². The predicted octanol–water partition coefficient (Wildman–Crippen LogP) is 6.21. The third kappa shape index (κ3) is 16.4. The number of esters is 2. The van der Waals surface area contributed by atoms with Gasteiger partial charge < -0.3 is 9.47 Å². The molecule has 1 unspecified atom stereocenters. The van der Waals surface area contributed by atoms with Crippen LogP contribution in [0.1, 0.15) is 111 Å². The fourth-order valence-electron chi connectivity index (χ4n) is 2.91. The Morgan fingerprint density at radius 2 is 1.35 bits per heavy atom. The van der Waals surface area contributed by atoms with Gasteiger partial charge in [-0.25, -0.2) is 0 Å². The molecular formula is C22H42O4. The topological polar surface area (TPSA) is 52.6 Å². The molecule has 0 aliphatic rings. The van der Waals surface area contributed by atoms with Crippen molar-refractivity contribution in [3.8, 4) is 0 Å². The Hall–Kier alpha value is -1.06. The van der Waals surface area contributed by atoms with E-state index in [1.54, 1.807) is 0 Å². The summed E-state index contributed by atoms with van der Waals surface area (Å²) in [5.41, 5.74) is 0. The molecule has 0 spiro atoms. The minimum absolute atomic E-state index is 0.0505. The monoisotopic (exact) mass is 370 g/mol. The van der Waals surface area contributed by atoms with Gasteiger partial charge in [-0.3, -0.25) is 9.59 Å². The molecule has 0 fully saturated rings. The summed E-state index contributed by atoms with van der Waals surface area (Å²) in [5.74, 6) is 0.555. The van der Waals surface area contributed by atoms with Crippen molar-refractivity contribution < 1.29 is 19.1 Å². The van der Waals surface area contributed by atoms with Crippen LogP contribution in [0.2, 0.25) is 0 Å². The van der Waals surface area contributed by atoms with Gasteiger partial charge in [0.15, 0.2) is 0 Å². The lowest BCUT2D eigenvalue weighted by molar-refractivity contribution is -0.149. The zero-order valence-electron chi connectivity index (χ0n) is 17.7. The fraction of sp³-hybridized carbons (Fsp3) is 0.909. The maximum atomic E-state index is 11.8. The highest BCUT2D eigenvalue weighted by atomic mass is 16.5. The number of hydrogen-bond donors (Lipinski definition) is 0. The van der Waals surface area contributed by atoms with E-state index in [1.165, 1.54) is 0 Å². The van der Waals surface area contributed by atoms with Crippen LogP contribution in [-0.2, 0) is 19.1 Å². The highest BCUT2D eigenvalue weighted by Crippen LogP contribution is 2.12. The van der Waals surface area contributed by atoms with Gasteiger partial charge in [-0.2, -0.15) is 0 Å². The molecule has 154 valence electrons. The fourth-order valence-corrected chi connectivity index (χ4v) is 2.91. The van der Waals surface area contributed by atoms with Crippen molar-refractivity contribution in [3.05, 3.63) is 0 Å². The van der Waals surface area contributed by atoms with Crippen molar-refractivity contribution in [1.29, 1.82) is 0 Å². The molecule has 0 saturated heterocycles. The molecule has 26 heavy (non-hydrogen) atoms. The first-order chi connectivity index (χ1) is 12.5. The molecule has 0 aliphatic carbocycles. The van der Waals surface area contributed by atoms with Gasteiger partial charge in [0, 0.05) is 12.8 Å². The molecule has 0 heterocycles. The lowest BCUT2D eigenvalue weighted by Gasteiger charge is -2.15. The summed E-state index contributed by atoms with van der Waals surface area (Å²) < 4.78 is 10.7. The summed E-state index contributed by atoms with van der Waals surface area (Å²) in [5, 5.41) is 0. The zero-order chi connectivity index (χ0) is 19.6. The molecule has 0 rings (SSSR count). The number of carbonyl (C=O) groups excluding carboxylic acids is 2. The standard InChI is InChI=1S/C22H42O4/c1-5-14-20(6-2)26-22(24)17-12-10-8-7-9-11-16-21(23)25-18-13-15-19(3)4/h19-20H,5-18H2,1-4H3. The van der Waals surface area contributed by atoms with Crippen molar-refractivity contribution >= 4 is 11.9 Å². The van der Waals surface area contributed by atoms with E-state index in [9.17, 15) is 9.59 Å². The van der Waals surface area contributed by atoms with E-state index < -0.39 is 0 Å². The highest BCUT2D eigenvalue weighted by molar-refractivity contribution is 5.69.